The van der Waals surface area contributed by atoms with Gasteiger partial charge in [-0.2, -0.15) is 5.26 Å². The smallest absolute Gasteiger partial charge is 0.315 e. The van der Waals surface area contributed by atoms with Crippen LogP contribution >= 0.6 is 0 Å². The van der Waals surface area contributed by atoms with Crippen LogP contribution in [0.3, 0.4) is 0 Å². The molecule has 0 aromatic rings. The minimum absolute atomic E-state index is 0.0172. The number of urea groups is 1. The van der Waals surface area contributed by atoms with Crippen molar-refractivity contribution in [1.29, 1.82) is 5.26 Å². The number of nitriles is 1. The van der Waals surface area contributed by atoms with Crippen LogP contribution in [-0.4, -0.2) is 18.1 Å². The zero-order valence-corrected chi connectivity index (χ0v) is 9.25. The molecule has 0 aliphatic heterocycles. The second-order valence-electron chi connectivity index (χ2n) is 4.07. The van der Waals surface area contributed by atoms with E-state index in [1.807, 2.05) is 6.92 Å². The molecule has 1 atom stereocenters. The van der Waals surface area contributed by atoms with Crippen molar-refractivity contribution in [2.24, 2.45) is 0 Å². The van der Waals surface area contributed by atoms with Crippen LogP contribution in [0.1, 0.15) is 45.4 Å². The number of amides is 2. The van der Waals surface area contributed by atoms with Gasteiger partial charge in [-0.15, -0.1) is 0 Å². The number of nitrogens with one attached hydrogen (secondary N) is 2. The maximum atomic E-state index is 11.5. The first-order valence-electron chi connectivity index (χ1n) is 5.70. The molecular weight excluding hydrogens is 190 g/mol. The van der Waals surface area contributed by atoms with Crippen LogP contribution in [0.2, 0.25) is 0 Å². The molecule has 0 spiro atoms. The molecule has 1 aliphatic rings. The van der Waals surface area contributed by atoms with E-state index in [0.717, 1.165) is 19.3 Å². The fourth-order valence-corrected chi connectivity index (χ4v) is 1.89. The monoisotopic (exact) mass is 209 g/mol. The summed E-state index contributed by atoms with van der Waals surface area (Å²) in [6, 6.07) is 2.27. The molecule has 0 bridgehead atoms. The molecular formula is C11H19N3O. The van der Waals surface area contributed by atoms with Crippen LogP contribution in [0.25, 0.3) is 0 Å². The molecule has 84 valence electrons. The van der Waals surface area contributed by atoms with Crippen LogP contribution in [0.5, 0.6) is 0 Å². The molecule has 1 saturated carbocycles. The highest BCUT2D eigenvalue weighted by atomic mass is 16.2. The van der Waals surface area contributed by atoms with Crippen LogP contribution < -0.4 is 10.6 Å². The predicted octanol–water partition coefficient (Wildman–Crippen LogP) is 1.92. The quantitative estimate of drug-likeness (QED) is 0.743. The fourth-order valence-electron chi connectivity index (χ4n) is 1.89. The van der Waals surface area contributed by atoms with Crippen LogP contribution in [0.4, 0.5) is 4.79 Å². The Morgan fingerprint density at radius 3 is 2.73 bits per heavy atom. The van der Waals surface area contributed by atoms with E-state index in [0.29, 0.717) is 12.5 Å². The lowest BCUT2D eigenvalue weighted by Crippen LogP contribution is -2.45. The van der Waals surface area contributed by atoms with Crippen LogP contribution in [0.15, 0.2) is 0 Å². The molecule has 0 aromatic carbocycles. The average Bonchev–Trinajstić information content (AvgIpc) is 2.69. The third-order valence-corrected chi connectivity index (χ3v) is 2.86. The Kier molecular flexibility index (Phi) is 4.96. The van der Waals surface area contributed by atoms with Crippen molar-refractivity contribution in [3.8, 4) is 6.07 Å². The Morgan fingerprint density at radius 2 is 2.20 bits per heavy atom. The predicted molar refractivity (Wildman–Crippen MR) is 58.2 cm³/mol. The first-order valence-corrected chi connectivity index (χ1v) is 5.70. The lowest BCUT2D eigenvalue weighted by molar-refractivity contribution is 0.233. The molecule has 2 amide bonds. The summed E-state index contributed by atoms with van der Waals surface area (Å²) in [5, 5.41) is 14.3. The Hall–Kier alpha value is -1.24. The Labute approximate surface area is 91.0 Å². The van der Waals surface area contributed by atoms with Crippen molar-refractivity contribution in [1.82, 2.24) is 10.6 Å². The Balaban J connectivity index is 2.24. The van der Waals surface area contributed by atoms with Gasteiger partial charge >= 0.3 is 6.03 Å². The SMILES string of the molecule is CCC(CC#N)NC(=O)NC1CCCC1. The van der Waals surface area contributed by atoms with Gasteiger partial charge in [0.2, 0.25) is 0 Å². The second-order valence-corrected chi connectivity index (χ2v) is 4.07. The highest BCUT2D eigenvalue weighted by Gasteiger charge is 2.18. The van der Waals surface area contributed by atoms with Gasteiger partial charge in [-0.25, -0.2) is 4.79 Å². The maximum Gasteiger partial charge on any atom is 0.315 e. The molecule has 0 heterocycles. The van der Waals surface area contributed by atoms with Gasteiger partial charge in [-0.05, 0) is 19.3 Å². The van der Waals surface area contributed by atoms with Gasteiger partial charge in [0, 0.05) is 12.1 Å². The zero-order valence-electron chi connectivity index (χ0n) is 9.25. The van der Waals surface area contributed by atoms with E-state index in [2.05, 4.69) is 16.7 Å². The van der Waals surface area contributed by atoms with Gasteiger partial charge in [-0.3, -0.25) is 0 Å². The fraction of sp³-hybridized carbons (Fsp3) is 0.818. The minimum atomic E-state index is -0.121. The molecule has 1 rings (SSSR count). The largest absolute Gasteiger partial charge is 0.335 e. The lowest BCUT2D eigenvalue weighted by Gasteiger charge is -2.17. The summed E-state index contributed by atoms with van der Waals surface area (Å²) in [6.45, 7) is 1.97. The van der Waals surface area contributed by atoms with Crippen molar-refractivity contribution in [2.75, 3.05) is 0 Å². The van der Waals surface area contributed by atoms with Gasteiger partial charge in [0.25, 0.3) is 0 Å². The van der Waals surface area contributed by atoms with Crippen LogP contribution in [0, 0.1) is 11.3 Å². The highest BCUT2D eigenvalue weighted by Crippen LogP contribution is 2.17. The van der Waals surface area contributed by atoms with Crippen molar-refractivity contribution in [3.05, 3.63) is 0 Å². The van der Waals surface area contributed by atoms with Crippen molar-refractivity contribution >= 4 is 6.03 Å². The standard InChI is InChI=1S/C11H19N3O/c1-2-9(7-8-12)13-11(15)14-10-5-3-4-6-10/h9-10H,2-7H2,1H3,(H2,13,14,15). The van der Waals surface area contributed by atoms with E-state index in [9.17, 15) is 4.79 Å². The van der Waals surface area contributed by atoms with E-state index in [4.69, 9.17) is 5.26 Å². The van der Waals surface area contributed by atoms with Gasteiger partial charge in [0.1, 0.15) is 0 Å². The van der Waals surface area contributed by atoms with E-state index < -0.39 is 0 Å². The molecule has 1 unspecified atom stereocenters. The molecule has 15 heavy (non-hydrogen) atoms. The lowest BCUT2D eigenvalue weighted by atomic mass is 10.2. The zero-order chi connectivity index (χ0) is 11.1. The van der Waals surface area contributed by atoms with E-state index in [-0.39, 0.29) is 12.1 Å². The summed E-state index contributed by atoms with van der Waals surface area (Å²) < 4.78 is 0. The number of rotatable bonds is 4. The summed E-state index contributed by atoms with van der Waals surface area (Å²) in [5.74, 6) is 0. The Bertz CT molecular complexity index is 241. The van der Waals surface area contributed by atoms with Crippen molar-refractivity contribution in [3.63, 3.8) is 0 Å². The third kappa shape index (κ3) is 4.20. The molecule has 2 N–H and O–H groups in total. The normalized spacial score (nSPS) is 18.1. The number of nitrogens with zero attached hydrogens (tertiary/aromatic N) is 1. The first-order chi connectivity index (χ1) is 7.26. The van der Waals surface area contributed by atoms with Crippen molar-refractivity contribution < 1.29 is 4.79 Å². The molecule has 1 aliphatic carbocycles. The van der Waals surface area contributed by atoms with E-state index in [1.165, 1.54) is 12.8 Å². The summed E-state index contributed by atoms with van der Waals surface area (Å²) in [4.78, 5) is 11.5. The van der Waals surface area contributed by atoms with Gasteiger partial charge in [0.15, 0.2) is 0 Å². The molecule has 1 fully saturated rings. The molecule has 0 radical (unpaired) electrons. The number of carbonyl (C=O) groups is 1. The Morgan fingerprint density at radius 1 is 1.53 bits per heavy atom. The topological polar surface area (TPSA) is 64.9 Å². The van der Waals surface area contributed by atoms with Crippen LogP contribution in [-0.2, 0) is 0 Å². The summed E-state index contributed by atoms with van der Waals surface area (Å²) in [6.07, 6.45) is 5.77. The average molecular weight is 209 g/mol. The number of hydrogen-bond donors (Lipinski definition) is 2. The molecule has 0 saturated heterocycles. The van der Waals surface area contributed by atoms with Gasteiger partial charge in [-0.1, -0.05) is 19.8 Å². The minimum Gasteiger partial charge on any atom is -0.335 e. The first kappa shape index (κ1) is 11.8. The second kappa shape index (κ2) is 6.28. The van der Waals surface area contributed by atoms with E-state index in [1.54, 1.807) is 0 Å². The summed E-state index contributed by atoms with van der Waals surface area (Å²) in [5.41, 5.74) is 0. The van der Waals surface area contributed by atoms with E-state index >= 15 is 0 Å². The molecule has 0 aromatic heterocycles. The number of carbonyl (C=O) groups excluding carboxylic acids is 1. The molecule has 4 nitrogen and oxygen atoms in total. The maximum absolute atomic E-state index is 11.5. The van der Waals surface area contributed by atoms with Crippen molar-refractivity contribution in [2.45, 2.75) is 57.5 Å². The number of hydrogen-bond acceptors (Lipinski definition) is 2. The summed E-state index contributed by atoms with van der Waals surface area (Å²) >= 11 is 0. The van der Waals surface area contributed by atoms with Gasteiger partial charge < -0.3 is 10.6 Å². The van der Waals surface area contributed by atoms with Gasteiger partial charge in [0.05, 0.1) is 12.5 Å². The molecule has 4 heteroatoms. The highest BCUT2D eigenvalue weighted by molar-refractivity contribution is 5.74. The third-order valence-electron chi connectivity index (χ3n) is 2.86. The summed E-state index contributed by atoms with van der Waals surface area (Å²) in [7, 11) is 0.